The van der Waals surface area contributed by atoms with E-state index >= 15 is 0 Å². The van der Waals surface area contributed by atoms with E-state index < -0.39 is 21.8 Å². The highest BCUT2D eigenvalue weighted by molar-refractivity contribution is 7.89. The monoisotopic (exact) mass is 475 g/mol. The Kier molecular flexibility index (Phi) is 7.56. The van der Waals surface area contributed by atoms with Crippen molar-refractivity contribution in [3.63, 3.8) is 0 Å². The SMILES string of the molecule is CCN[C@@H](CC(C)C)C(=O)N[C@H]1CC[C@@H]2CN(S(=O)(=O)c3cccc(C(F)(F)F)c3)C[C@@H]21. The van der Waals surface area contributed by atoms with Crippen molar-refractivity contribution in [1.82, 2.24) is 14.9 Å². The van der Waals surface area contributed by atoms with E-state index in [1.54, 1.807) is 0 Å². The Bertz CT molecular complexity index is 920. The number of hydrogen-bond acceptors (Lipinski definition) is 4. The Balaban J connectivity index is 1.70. The molecular formula is C22H32F3N3O3S. The number of fused-ring (bicyclic) bond motifs is 1. The van der Waals surface area contributed by atoms with Crippen molar-refractivity contribution >= 4 is 15.9 Å². The Morgan fingerprint density at radius 1 is 1.22 bits per heavy atom. The van der Waals surface area contributed by atoms with E-state index in [4.69, 9.17) is 0 Å². The van der Waals surface area contributed by atoms with Gasteiger partial charge in [-0.1, -0.05) is 26.8 Å². The summed E-state index contributed by atoms with van der Waals surface area (Å²) in [5, 5.41) is 6.32. The molecule has 180 valence electrons. The molecule has 1 aliphatic carbocycles. The van der Waals surface area contributed by atoms with E-state index in [0.717, 1.165) is 25.0 Å². The summed E-state index contributed by atoms with van der Waals surface area (Å²) in [6.07, 6.45) is -2.35. The molecule has 0 unspecified atom stereocenters. The molecule has 1 amide bonds. The van der Waals surface area contributed by atoms with Crippen LogP contribution < -0.4 is 10.6 Å². The second kappa shape index (κ2) is 9.69. The van der Waals surface area contributed by atoms with Crippen LogP contribution in [0.1, 0.15) is 45.6 Å². The normalized spacial score (nSPS) is 25.2. The maximum absolute atomic E-state index is 13.0. The van der Waals surface area contributed by atoms with Gasteiger partial charge in [0.1, 0.15) is 0 Å². The summed E-state index contributed by atoms with van der Waals surface area (Å²) >= 11 is 0. The summed E-state index contributed by atoms with van der Waals surface area (Å²) in [5.41, 5.74) is -0.984. The van der Waals surface area contributed by atoms with Gasteiger partial charge in [0.25, 0.3) is 0 Å². The topological polar surface area (TPSA) is 78.5 Å². The van der Waals surface area contributed by atoms with Gasteiger partial charge in [-0.05, 0) is 61.8 Å². The van der Waals surface area contributed by atoms with Crippen LogP contribution in [0.3, 0.4) is 0 Å². The Hall–Kier alpha value is -1.65. The Morgan fingerprint density at radius 3 is 2.56 bits per heavy atom. The number of alkyl halides is 3. The third-order valence-electron chi connectivity index (χ3n) is 6.42. The minimum atomic E-state index is -4.61. The van der Waals surface area contributed by atoms with Crippen molar-refractivity contribution in [3.8, 4) is 0 Å². The molecule has 0 bridgehead atoms. The molecule has 0 spiro atoms. The van der Waals surface area contributed by atoms with Crippen LogP contribution in [0.25, 0.3) is 0 Å². The first-order chi connectivity index (χ1) is 14.9. The maximum atomic E-state index is 13.0. The highest BCUT2D eigenvalue weighted by Crippen LogP contribution is 2.40. The number of rotatable bonds is 8. The molecule has 1 aliphatic heterocycles. The van der Waals surface area contributed by atoms with Crippen LogP contribution in [0.2, 0.25) is 0 Å². The van der Waals surface area contributed by atoms with Gasteiger partial charge in [0.15, 0.2) is 0 Å². The van der Waals surface area contributed by atoms with Gasteiger partial charge < -0.3 is 10.6 Å². The Labute approximate surface area is 188 Å². The van der Waals surface area contributed by atoms with Crippen molar-refractivity contribution in [1.29, 1.82) is 0 Å². The van der Waals surface area contributed by atoms with Crippen LogP contribution in [0.4, 0.5) is 13.2 Å². The van der Waals surface area contributed by atoms with Gasteiger partial charge in [-0.25, -0.2) is 8.42 Å². The summed E-state index contributed by atoms with van der Waals surface area (Å²) < 4.78 is 66.5. The lowest BCUT2D eigenvalue weighted by Crippen LogP contribution is -2.50. The van der Waals surface area contributed by atoms with Crippen molar-refractivity contribution in [2.24, 2.45) is 17.8 Å². The van der Waals surface area contributed by atoms with Crippen LogP contribution in [0.5, 0.6) is 0 Å². The lowest BCUT2D eigenvalue weighted by Gasteiger charge is -2.25. The van der Waals surface area contributed by atoms with Crippen LogP contribution in [-0.4, -0.2) is 50.3 Å². The zero-order valence-corrected chi connectivity index (χ0v) is 19.5. The number of carbonyl (C=O) groups is 1. The molecular weight excluding hydrogens is 443 g/mol. The number of likely N-dealkylation sites (N-methyl/N-ethyl adjacent to an activating group) is 1. The van der Waals surface area contributed by atoms with E-state index in [-0.39, 0.29) is 47.8 Å². The van der Waals surface area contributed by atoms with Gasteiger partial charge in [0.05, 0.1) is 16.5 Å². The van der Waals surface area contributed by atoms with Crippen LogP contribution in [-0.2, 0) is 21.0 Å². The predicted molar refractivity (Wildman–Crippen MR) is 115 cm³/mol. The maximum Gasteiger partial charge on any atom is 0.416 e. The summed E-state index contributed by atoms with van der Waals surface area (Å²) in [7, 11) is -4.05. The Morgan fingerprint density at radius 2 is 1.94 bits per heavy atom. The highest BCUT2D eigenvalue weighted by Gasteiger charge is 2.47. The summed E-state index contributed by atoms with van der Waals surface area (Å²) in [6, 6.07) is 3.43. The first-order valence-electron chi connectivity index (χ1n) is 11.1. The average Bonchev–Trinajstić information content (AvgIpc) is 3.29. The number of nitrogens with one attached hydrogen (secondary N) is 2. The van der Waals surface area contributed by atoms with Gasteiger partial charge in [0.2, 0.25) is 15.9 Å². The molecule has 0 radical (unpaired) electrons. The summed E-state index contributed by atoms with van der Waals surface area (Å²) in [5.74, 6) is 0.315. The molecule has 1 heterocycles. The minimum absolute atomic E-state index is 0.0409. The van der Waals surface area contributed by atoms with Crippen molar-refractivity contribution in [2.45, 2.75) is 63.2 Å². The molecule has 2 aliphatic rings. The van der Waals surface area contributed by atoms with Crippen molar-refractivity contribution in [3.05, 3.63) is 29.8 Å². The number of amides is 1. The fraction of sp³-hybridized carbons (Fsp3) is 0.682. The number of benzene rings is 1. The third kappa shape index (κ3) is 5.46. The van der Waals surface area contributed by atoms with E-state index in [0.29, 0.717) is 24.9 Å². The van der Waals surface area contributed by atoms with Crippen molar-refractivity contribution in [2.75, 3.05) is 19.6 Å². The quantitative estimate of drug-likeness (QED) is 0.605. The van der Waals surface area contributed by atoms with Gasteiger partial charge in [-0.3, -0.25) is 4.79 Å². The smallest absolute Gasteiger partial charge is 0.352 e. The van der Waals surface area contributed by atoms with Crippen LogP contribution in [0, 0.1) is 17.8 Å². The zero-order valence-electron chi connectivity index (χ0n) is 18.7. The fourth-order valence-electron chi connectivity index (χ4n) is 4.87. The van der Waals surface area contributed by atoms with E-state index in [2.05, 4.69) is 24.5 Å². The number of nitrogens with zero attached hydrogens (tertiary/aromatic N) is 1. The van der Waals surface area contributed by atoms with Gasteiger partial charge in [-0.15, -0.1) is 0 Å². The molecule has 1 aromatic rings. The molecule has 2 N–H and O–H groups in total. The molecule has 1 aromatic carbocycles. The van der Waals surface area contributed by atoms with Gasteiger partial charge >= 0.3 is 6.18 Å². The number of carbonyl (C=O) groups excluding carboxylic acids is 1. The largest absolute Gasteiger partial charge is 0.416 e. The number of hydrogen-bond donors (Lipinski definition) is 2. The third-order valence-corrected chi connectivity index (χ3v) is 8.25. The average molecular weight is 476 g/mol. The first-order valence-corrected chi connectivity index (χ1v) is 12.6. The summed E-state index contributed by atoms with van der Waals surface area (Å²) in [4.78, 5) is 12.5. The molecule has 10 heteroatoms. The number of sulfonamides is 1. The zero-order chi connectivity index (χ0) is 23.7. The fourth-order valence-corrected chi connectivity index (χ4v) is 6.45. The van der Waals surface area contributed by atoms with Crippen LogP contribution in [0.15, 0.2) is 29.2 Å². The second-order valence-electron chi connectivity index (χ2n) is 9.20. The molecule has 4 atom stereocenters. The van der Waals surface area contributed by atoms with Crippen molar-refractivity contribution < 1.29 is 26.4 Å². The van der Waals surface area contributed by atoms with E-state index in [1.807, 2.05) is 6.92 Å². The lowest BCUT2D eigenvalue weighted by molar-refractivity contribution is -0.137. The molecule has 32 heavy (non-hydrogen) atoms. The van der Waals surface area contributed by atoms with E-state index in [1.165, 1.54) is 10.4 Å². The molecule has 1 saturated carbocycles. The molecule has 2 fully saturated rings. The molecule has 1 saturated heterocycles. The molecule has 6 nitrogen and oxygen atoms in total. The predicted octanol–water partition coefficient (Wildman–Crippen LogP) is 3.24. The second-order valence-corrected chi connectivity index (χ2v) is 11.1. The molecule has 0 aromatic heterocycles. The first kappa shape index (κ1) is 25.0. The van der Waals surface area contributed by atoms with E-state index in [9.17, 15) is 26.4 Å². The highest BCUT2D eigenvalue weighted by atomic mass is 32.2. The van der Waals surface area contributed by atoms with Gasteiger partial charge in [-0.2, -0.15) is 17.5 Å². The van der Waals surface area contributed by atoms with Gasteiger partial charge in [0, 0.05) is 19.1 Å². The minimum Gasteiger partial charge on any atom is -0.352 e. The summed E-state index contributed by atoms with van der Waals surface area (Å²) in [6.45, 7) is 7.18. The molecule has 3 rings (SSSR count). The number of halogens is 3. The van der Waals surface area contributed by atoms with Crippen LogP contribution >= 0.6 is 0 Å². The standard InChI is InChI=1S/C22H32F3N3O3S/c1-4-26-20(10-14(2)3)21(29)27-19-9-8-15-12-28(13-18(15)19)32(30,31)17-7-5-6-16(11-17)22(23,24)25/h5-7,11,14-15,18-20,26H,4,8-10,12-13H2,1-3H3,(H,27,29)/t15-,18+,19+,20+/m1/s1. The lowest BCUT2D eigenvalue weighted by atomic mass is 9.97.